The molecule has 3 rings (SSSR count). The second-order valence-electron chi connectivity index (χ2n) is 7.24. The number of benzene rings is 2. The van der Waals surface area contributed by atoms with Crippen LogP contribution in [-0.2, 0) is 25.5 Å². The Kier molecular flexibility index (Phi) is 6.65. The lowest BCUT2D eigenvalue weighted by Crippen LogP contribution is -2.30. The minimum Gasteiger partial charge on any atom is -0.455 e. The molecule has 152 valence electrons. The van der Waals surface area contributed by atoms with Crippen molar-refractivity contribution in [2.24, 2.45) is 5.92 Å². The van der Waals surface area contributed by atoms with Crippen molar-refractivity contribution in [3.8, 4) is 0 Å². The Morgan fingerprint density at radius 1 is 1.14 bits per heavy atom. The molecule has 6 heteroatoms. The number of anilines is 1. The fraction of sp³-hybridized carbons (Fsp3) is 0.348. The van der Waals surface area contributed by atoms with Gasteiger partial charge in [0.1, 0.15) is 0 Å². The highest BCUT2D eigenvalue weighted by atomic mass is 16.5. The number of amides is 2. The summed E-state index contributed by atoms with van der Waals surface area (Å²) in [4.78, 5) is 38.5. The van der Waals surface area contributed by atoms with Gasteiger partial charge in [-0.15, -0.1) is 0 Å². The molecule has 1 aliphatic heterocycles. The molecule has 1 N–H and O–H groups in total. The predicted molar refractivity (Wildman–Crippen MR) is 110 cm³/mol. The van der Waals surface area contributed by atoms with Gasteiger partial charge >= 0.3 is 5.97 Å². The number of aryl methyl sites for hydroxylation is 1. The van der Waals surface area contributed by atoms with Crippen molar-refractivity contribution < 1.29 is 19.1 Å². The van der Waals surface area contributed by atoms with Crippen molar-refractivity contribution >= 4 is 23.5 Å². The van der Waals surface area contributed by atoms with E-state index in [9.17, 15) is 14.4 Å². The van der Waals surface area contributed by atoms with E-state index in [1.54, 1.807) is 4.90 Å². The first kappa shape index (κ1) is 20.6. The van der Waals surface area contributed by atoms with Crippen LogP contribution < -0.4 is 5.32 Å². The van der Waals surface area contributed by atoms with Crippen molar-refractivity contribution in [1.29, 1.82) is 0 Å². The van der Waals surface area contributed by atoms with E-state index in [-0.39, 0.29) is 25.0 Å². The number of esters is 1. The molecule has 1 heterocycles. The van der Waals surface area contributed by atoms with Crippen molar-refractivity contribution in [1.82, 2.24) is 4.90 Å². The van der Waals surface area contributed by atoms with E-state index in [4.69, 9.17) is 4.74 Å². The van der Waals surface area contributed by atoms with E-state index in [2.05, 4.69) is 12.2 Å². The molecule has 0 aromatic heterocycles. The summed E-state index contributed by atoms with van der Waals surface area (Å²) >= 11 is 0. The highest BCUT2D eigenvalue weighted by Gasteiger charge is 2.38. The summed E-state index contributed by atoms with van der Waals surface area (Å²) in [6, 6.07) is 17.1. The molecule has 2 aromatic carbocycles. The van der Waals surface area contributed by atoms with Crippen LogP contribution in [0.15, 0.2) is 54.6 Å². The third kappa shape index (κ3) is 5.22. The van der Waals surface area contributed by atoms with Gasteiger partial charge in [-0.3, -0.25) is 14.4 Å². The molecule has 1 fully saturated rings. The number of ether oxygens (including phenoxy) is 1. The molecule has 1 aliphatic rings. The first-order chi connectivity index (χ1) is 14.0. The van der Waals surface area contributed by atoms with Gasteiger partial charge in [-0.05, 0) is 36.6 Å². The summed E-state index contributed by atoms with van der Waals surface area (Å²) < 4.78 is 5.16. The fourth-order valence-electron chi connectivity index (χ4n) is 3.45. The maximum atomic E-state index is 12.4. The number of hydrogen-bond acceptors (Lipinski definition) is 4. The molecule has 2 amide bonds. The SMILES string of the molecule is CCc1ccc(NC(=O)COC(=O)[C@H]2CC(=O)N([C@@H](C)c3ccccc3)C2)cc1. The summed E-state index contributed by atoms with van der Waals surface area (Å²) in [6.07, 6.45) is 1.03. The van der Waals surface area contributed by atoms with Crippen molar-refractivity contribution in [3.63, 3.8) is 0 Å². The van der Waals surface area contributed by atoms with Gasteiger partial charge in [-0.2, -0.15) is 0 Å². The van der Waals surface area contributed by atoms with Gasteiger partial charge in [-0.25, -0.2) is 0 Å². The number of rotatable bonds is 7. The normalized spacial score (nSPS) is 17.1. The van der Waals surface area contributed by atoms with E-state index < -0.39 is 17.8 Å². The topological polar surface area (TPSA) is 75.7 Å². The second-order valence-corrected chi connectivity index (χ2v) is 7.24. The van der Waals surface area contributed by atoms with Crippen LogP contribution in [0.2, 0.25) is 0 Å². The van der Waals surface area contributed by atoms with Crippen LogP contribution in [0.5, 0.6) is 0 Å². The first-order valence-corrected chi connectivity index (χ1v) is 9.87. The summed E-state index contributed by atoms with van der Waals surface area (Å²) in [5, 5.41) is 2.70. The number of nitrogens with zero attached hydrogens (tertiary/aromatic N) is 1. The van der Waals surface area contributed by atoms with Gasteiger partial charge < -0.3 is 15.0 Å². The van der Waals surface area contributed by atoms with Gasteiger partial charge in [0.15, 0.2) is 6.61 Å². The van der Waals surface area contributed by atoms with Crippen molar-refractivity contribution in [2.45, 2.75) is 32.7 Å². The Bertz CT molecular complexity index is 864. The Balaban J connectivity index is 1.49. The predicted octanol–water partition coefficient (Wildman–Crippen LogP) is 3.34. The lowest BCUT2D eigenvalue weighted by atomic mass is 10.1. The summed E-state index contributed by atoms with van der Waals surface area (Å²) in [7, 11) is 0. The average molecular weight is 394 g/mol. The van der Waals surface area contributed by atoms with E-state index in [0.29, 0.717) is 12.2 Å². The Morgan fingerprint density at radius 3 is 2.48 bits per heavy atom. The van der Waals surface area contributed by atoms with Gasteiger partial charge in [0, 0.05) is 18.7 Å². The Hall–Kier alpha value is -3.15. The van der Waals surface area contributed by atoms with Crippen molar-refractivity contribution in [3.05, 3.63) is 65.7 Å². The van der Waals surface area contributed by atoms with E-state index >= 15 is 0 Å². The smallest absolute Gasteiger partial charge is 0.311 e. The minimum atomic E-state index is -0.551. The highest BCUT2D eigenvalue weighted by molar-refractivity contribution is 5.93. The molecular formula is C23H26N2O4. The van der Waals surface area contributed by atoms with Crippen LogP contribution in [0.4, 0.5) is 5.69 Å². The van der Waals surface area contributed by atoms with Crippen LogP contribution in [0.1, 0.15) is 37.4 Å². The molecule has 0 aliphatic carbocycles. The standard InChI is InChI=1S/C23H26N2O4/c1-3-17-9-11-20(12-10-17)24-21(26)15-29-23(28)19-13-22(27)25(14-19)16(2)18-7-5-4-6-8-18/h4-12,16,19H,3,13-15H2,1-2H3,(H,24,26)/t16-,19-/m0/s1. The molecule has 0 bridgehead atoms. The lowest BCUT2D eigenvalue weighted by molar-refractivity contribution is -0.151. The monoisotopic (exact) mass is 394 g/mol. The highest BCUT2D eigenvalue weighted by Crippen LogP contribution is 2.29. The van der Waals surface area contributed by atoms with Crippen LogP contribution in [0.3, 0.4) is 0 Å². The molecule has 0 radical (unpaired) electrons. The third-order valence-electron chi connectivity index (χ3n) is 5.23. The Labute approximate surface area is 170 Å². The van der Waals surface area contributed by atoms with Gasteiger partial charge in [0.2, 0.25) is 5.91 Å². The van der Waals surface area contributed by atoms with E-state index in [0.717, 1.165) is 12.0 Å². The summed E-state index contributed by atoms with van der Waals surface area (Å²) in [5.74, 6) is -1.55. The van der Waals surface area contributed by atoms with Gasteiger partial charge in [-0.1, -0.05) is 49.4 Å². The van der Waals surface area contributed by atoms with E-state index in [1.807, 2.05) is 61.5 Å². The average Bonchev–Trinajstić information content (AvgIpc) is 3.14. The molecule has 0 saturated carbocycles. The second kappa shape index (κ2) is 9.37. The molecule has 1 saturated heterocycles. The first-order valence-electron chi connectivity index (χ1n) is 9.87. The largest absolute Gasteiger partial charge is 0.455 e. The number of carbonyl (C=O) groups excluding carboxylic acids is 3. The maximum absolute atomic E-state index is 12.4. The number of carbonyl (C=O) groups is 3. The van der Waals surface area contributed by atoms with Crippen LogP contribution in [-0.4, -0.2) is 35.8 Å². The zero-order chi connectivity index (χ0) is 20.8. The lowest BCUT2D eigenvalue weighted by Gasteiger charge is -2.25. The molecule has 2 aromatic rings. The van der Waals surface area contributed by atoms with Crippen LogP contribution in [0, 0.1) is 5.92 Å². The quantitative estimate of drug-likeness (QED) is 0.731. The molecule has 29 heavy (non-hydrogen) atoms. The minimum absolute atomic E-state index is 0.0798. The zero-order valence-corrected chi connectivity index (χ0v) is 16.8. The molecular weight excluding hydrogens is 368 g/mol. The Morgan fingerprint density at radius 2 is 1.83 bits per heavy atom. The molecule has 0 spiro atoms. The number of hydrogen-bond donors (Lipinski definition) is 1. The third-order valence-corrected chi connectivity index (χ3v) is 5.23. The van der Waals surface area contributed by atoms with Gasteiger partial charge in [0.05, 0.1) is 12.0 Å². The van der Waals surface area contributed by atoms with Crippen LogP contribution >= 0.6 is 0 Å². The number of nitrogens with one attached hydrogen (secondary N) is 1. The molecule has 0 unspecified atom stereocenters. The molecule has 2 atom stereocenters. The fourth-order valence-corrected chi connectivity index (χ4v) is 3.45. The van der Waals surface area contributed by atoms with Gasteiger partial charge in [0.25, 0.3) is 5.91 Å². The zero-order valence-electron chi connectivity index (χ0n) is 16.8. The summed E-state index contributed by atoms with van der Waals surface area (Å²) in [6.45, 7) is 3.93. The van der Waals surface area contributed by atoms with Crippen molar-refractivity contribution in [2.75, 3.05) is 18.5 Å². The summed E-state index contributed by atoms with van der Waals surface area (Å²) in [5.41, 5.74) is 2.85. The van der Waals surface area contributed by atoms with E-state index in [1.165, 1.54) is 5.56 Å². The number of likely N-dealkylation sites (tertiary alicyclic amines) is 1. The molecule has 6 nitrogen and oxygen atoms in total. The van der Waals surface area contributed by atoms with Crippen LogP contribution in [0.25, 0.3) is 0 Å². The maximum Gasteiger partial charge on any atom is 0.311 e.